The second kappa shape index (κ2) is 7.37. The molecule has 1 fully saturated rings. The lowest BCUT2D eigenvalue weighted by Crippen LogP contribution is -2.47. The van der Waals surface area contributed by atoms with Gasteiger partial charge in [-0.2, -0.15) is 13.2 Å². The van der Waals surface area contributed by atoms with Gasteiger partial charge in [0.1, 0.15) is 9.75 Å². The number of fused-ring (bicyclic) bond motifs is 2. The molecule has 4 atom stereocenters. The van der Waals surface area contributed by atoms with Gasteiger partial charge in [-0.3, -0.25) is 9.59 Å². The Bertz CT molecular complexity index is 999. The molecule has 0 aliphatic heterocycles. The van der Waals surface area contributed by atoms with E-state index in [0.29, 0.717) is 12.1 Å². The van der Waals surface area contributed by atoms with Crippen molar-refractivity contribution >= 4 is 98.8 Å². The summed E-state index contributed by atoms with van der Waals surface area (Å²) in [5, 5.41) is 10.7. The number of amides is 1. The van der Waals surface area contributed by atoms with Crippen LogP contribution in [0.1, 0.15) is 5.56 Å². The topological polar surface area (TPSA) is 66.4 Å². The second-order valence-corrected chi connectivity index (χ2v) is 10.3. The number of aliphatic carboxylic acids is 1. The number of carboxylic acids is 1. The number of carbonyl (C=O) groups excluding carboxylic acids is 1. The predicted molar refractivity (Wildman–Crippen MR) is 110 cm³/mol. The Hall–Kier alpha value is -0.280. The summed E-state index contributed by atoms with van der Waals surface area (Å²) in [6.45, 7) is 0. The minimum atomic E-state index is -4.73. The number of hydrogen-bond acceptors (Lipinski definition) is 2. The number of benzene rings is 1. The van der Waals surface area contributed by atoms with Crippen molar-refractivity contribution < 1.29 is 27.9 Å². The number of carboxylic acid groups (broad SMARTS) is 1. The molecule has 0 radical (unpaired) electrons. The normalized spacial score (nSPS) is 32.5. The lowest BCUT2D eigenvalue weighted by atomic mass is 9.81. The summed E-state index contributed by atoms with van der Waals surface area (Å²) in [6, 6.07) is 2.18. The van der Waals surface area contributed by atoms with Crippen molar-refractivity contribution in [3.05, 3.63) is 38.8 Å². The van der Waals surface area contributed by atoms with Crippen molar-refractivity contribution in [3.8, 4) is 0 Å². The van der Waals surface area contributed by atoms with Gasteiger partial charge in [-0.25, -0.2) is 0 Å². The molecule has 0 unspecified atom stereocenters. The molecular weight excluding hydrogens is 559 g/mol. The van der Waals surface area contributed by atoms with Crippen LogP contribution in [0.5, 0.6) is 0 Å². The molecule has 14 heteroatoms. The molecule has 4 nitrogen and oxygen atoms in total. The van der Waals surface area contributed by atoms with Crippen LogP contribution < -0.4 is 5.32 Å². The van der Waals surface area contributed by atoms with Crippen molar-refractivity contribution in [2.45, 2.75) is 20.3 Å². The molecule has 1 saturated carbocycles. The molecule has 2 bridgehead atoms. The molecule has 1 amide bonds. The first-order valence-corrected chi connectivity index (χ1v) is 10.4. The predicted octanol–water partition coefficient (Wildman–Crippen LogP) is 6.46. The molecule has 1 aromatic carbocycles. The number of carbonyl (C=O) groups is 2. The quantitative estimate of drug-likeness (QED) is 0.413. The van der Waals surface area contributed by atoms with E-state index in [1.54, 1.807) is 0 Å². The van der Waals surface area contributed by atoms with E-state index in [1.165, 1.54) is 0 Å². The Labute approximate surface area is 202 Å². The summed E-state index contributed by atoms with van der Waals surface area (Å²) >= 11 is 43.5. The van der Waals surface area contributed by atoms with Crippen LogP contribution in [0.4, 0.5) is 18.9 Å². The number of nitrogens with one attached hydrogen (secondary N) is 1. The van der Waals surface area contributed by atoms with Crippen LogP contribution in [-0.2, 0) is 15.8 Å². The smallest absolute Gasteiger partial charge is 0.416 e. The number of alkyl halides is 7. The summed E-state index contributed by atoms with van der Waals surface area (Å²) in [4.78, 5) is 20.4. The second-order valence-electron chi connectivity index (χ2n) is 6.60. The van der Waals surface area contributed by atoms with Crippen molar-refractivity contribution in [1.82, 2.24) is 0 Å². The molecule has 1 aromatic rings. The Morgan fingerprint density at radius 3 is 1.93 bits per heavy atom. The van der Waals surface area contributed by atoms with E-state index in [0.717, 1.165) is 6.07 Å². The molecule has 0 aromatic heterocycles. The first kappa shape index (κ1) is 24.4. The fourth-order valence-electron chi connectivity index (χ4n) is 3.64. The number of halogens is 10. The lowest BCUT2D eigenvalue weighted by Gasteiger charge is -2.33. The van der Waals surface area contributed by atoms with Crippen LogP contribution >= 0.6 is 81.2 Å². The minimum Gasteiger partial charge on any atom is -0.481 e. The van der Waals surface area contributed by atoms with E-state index in [2.05, 4.69) is 5.32 Å². The van der Waals surface area contributed by atoms with Crippen molar-refractivity contribution in [2.24, 2.45) is 11.8 Å². The van der Waals surface area contributed by atoms with E-state index in [9.17, 15) is 27.9 Å². The van der Waals surface area contributed by atoms with Gasteiger partial charge in [-0.05, 0) is 18.2 Å². The molecule has 0 saturated heterocycles. The summed E-state index contributed by atoms with van der Waals surface area (Å²) in [7, 11) is 0. The molecule has 2 N–H and O–H groups in total. The molecule has 2 aliphatic carbocycles. The van der Waals surface area contributed by atoms with Crippen molar-refractivity contribution in [3.63, 3.8) is 0 Å². The minimum absolute atomic E-state index is 0.252. The van der Waals surface area contributed by atoms with Crippen LogP contribution in [0.15, 0.2) is 28.3 Å². The fraction of sp³-hybridized carbons (Fsp3) is 0.375. The number of hydrogen-bond donors (Lipinski definition) is 2. The third-order valence-electron chi connectivity index (χ3n) is 5.04. The first-order chi connectivity index (χ1) is 13.5. The van der Waals surface area contributed by atoms with Crippen molar-refractivity contribution in [1.29, 1.82) is 0 Å². The molecule has 0 heterocycles. The van der Waals surface area contributed by atoms with Gasteiger partial charge in [0, 0.05) is 0 Å². The Kier molecular flexibility index (Phi) is 5.99. The van der Waals surface area contributed by atoms with Crippen LogP contribution in [0.3, 0.4) is 0 Å². The Morgan fingerprint density at radius 2 is 1.47 bits per heavy atom. The molecular formula is C16H7Cl7F3NO3. The molecule has 2 aliphatic rings. The maximum absolute atomic E-state index is 13.0. The first-order valence-electron chi connectivity index (χ1n) is 7.75. The summed E-state index contributed by atoms with van der Waals surface area (Å²) in [5.74, 6) is -6.49. The molecule has 0 spiro atoms. The monoisotopic (exact) mass is 563 g/mol. The van der Waals surface area contributed by atoms with Crippen molar-refractivity contribution in [2.75, 3.05) is 5.32 Å². The number of anilines is 1. The van der Waals surface area contributed by atoms with Crippen LogP contribution in [-0.4, -0.2) is 31.1 Å². The molecule has 30 heavy (non-hydrogen) atoms. The average molecular weight is 566 g/mol. The van der Waals surface area contributed by atoms with Gasteiger partial charge in [-0.1, -0.05) is 58.0 Å². The highest BCUT2D eigenvalue weighted by atomic mass is 35.5. The van der Waals surface area contributed by atoms with E-state index in [1.807, 2.05) is 0 Å². The lowest BCUT2D eigenvalue weighted by molar-refractivity contribution is -0.146. The fourth-order valence-corrected chi connectivity index (χ4v) is 6.74. The van der Waals surface area contributed by atoms with Crippen LogP contribution in [0, 0.1) is 11.8 Å². The van der Waals surface area contributed by atoms with Gasteiger partial charge in [0.05, 0.1) is 38.2 Å². The van der Waals surface area contributed by atoms with Gasteiger partial charge in [0.25, 0.3) is 0 Å². The third-order valence-corrected chi connectivity index (χ3v) is 9.62. The summed E-state index contributed by atoms with van der Waals surface area (Å²) in [5.41, 5.74) is -1.56. The standard InChI is InChI=1S/C16H7Cl7F3NO3/c17-5-2-1-4(15(24,25)26)3-6(5)27-11(28)7-8(12(29)30)14(21)10(19)9(18)13(7,20)16(14,22)23/h1-3,7-8H,(H,27,28)(H,29,30)/t7-,8+,13+,14+/m0/s1. The average Bonchev–Trinajstić information content (AvgIpc) is 2.82. The largest absolute Gasteiger partial charge is 0.481 e. The van der Waals surface area contributed by atoms with Gasteiger partial charge >= 0.3 is 12.1 Å². The Balaban J connectivity index is 2.10. The van der Waals surface area contributed by atoms with Gasteiger partial charge in [0.2, 0.25) is 5.91 Å². The van der Waals surface area contributed by atoms with E-state index < -0.39 is 65.3 Å². The number of allylic oxidation sites excluding steroid dienone is 2. The SMILES string of the molecule is O=C(Nc1cc(C(F)(F)F)ccc1Cl)[C@@H]1[C@H](C(=O)O)[C@@]2(Cl)C(Cl)=C(Cl)[C@@]1(Cl)C2(Cl)Cl. The van der Waals surface area contributed by atoms with Crippen LogP contribution in [0.25, 0.3) is 0 Å². The maximum atomic E-state index is 13.0. The van der Waals surface area contributed by atoms with Gasteiger partial charge in [-0.15, -0.1) is 23.2 Å². The Morgan fingerprint density at radius 1 is 0.967 bits per heavy atom. The maximum Gasteiger partial charge on any atom is 0.416 e. The number of rotatable bonds is 3. The zero-order valence-corrected chi connectivity index (χ0v) is 19.2. The van der Waals surface area contributed by atoms with E-state index in [4.69, 9.17) is 81.2 Å². The summed E-state index contributed by atoms with van der Waals surface area (Å²) < 4.78 is 36.6. The van der Waals surface area contributed by atoms with Gasteiger partial charge in [0.15, 0.2) is 4.33 Å². The molecule has 3 rings (SSSR count). The van der Waals surface area contributed by atoms with Crippen LogP contribution in [0.2, 0.25) is 5.02 Å². The van der Waals surface area contributed by atoms with E-state index >= 15 is 0 Å². The van der Waals surface area contributed by atoms with Gasteiger partial charge < -0.3 is 10.4 Å². The third kappa shape index (κ3) is 3.04. The summed E-state index contributed by atoms with van der Waals surface area (Å²) in [6.07, 6.45) is -4.73. The zero-order valence-electron chi connectivity index (χ0n) is 13.9. The molecule has 164 valence electrons. The highest BCUT2D eigenvalue weighted by Gasteiger charge is 2.85. The highest BCUT2D eigenvalue weighted by molar-refractivity contribution is 6.66. The van der Waals surface area contributed by atoms with E-state index in [-0.39, 0.29) is 5.02 Å². The zero-order chi connectivity index (χ0) is 23.0. The highest BCUT2D eigenvalue weighted by Crippen LogP contribution is 2.76.